The molecule has 0 aliphatic carbocycles. The first-order valence-electron chi connectivity index (χ1n) is 12.1. The number of carbonyl (C=O) groups is 1. The molecule has 1 N–H and O–H groups in total. The molecule has 12 heteroatoms. The summed E-state index contributed by atoms with van der Waals surface area (Å²) in [6, 6.07) is 15.3. The molecule has 0 spiro atoms. The van der Waals surface area contributed by atoms with Crippen LogP contribution in [-0.4, -0.2) is 43.5 Å². The van der Waals surface area contributed by atoms with Gasteiger partial charge in [0.25, 0.3) is 0 Å². The highest BCUT2D eigenvalue weighted by molar-refractivity contribution is 8.46. The molecule has 3 aromatic rings. The van der Waals surface area contributed by atoms with Gasteiger partial charge in [0.15, 0.2) is 0 Å². The number of nitrogens with one attached hydrogen (secondary N) is 1. The van der Waals surface area contributed by atoms with Gasteiger partial charge in [0.1, 0.15) is 6.61 Å². The van der Waals surface area contributed by atoms with E-state index in [2.05, 4.69) is 72.8 Å². The zero-order chi connectivity index (χ0) is 28.2. The van der Waals surface area contributed by atoms with Gasteiger partial charge in [-0.3, -0.25) is 0 Å². The molecular weight excluding hydrogens is 674 g/mol. The van der Waals surface area contributed by atoms with Crippen LogP contribution in [0.3, 0.4) is 0 Å². The molecule has 1 amide bonds. The number of alkyl carbamates (subject to hydrolysis) is 1. The van der Waals surface area contributed by atoms with Crippen LogP contribution in [0.5, 0.6) is 0 Å². The Morgan fingerprint density at radius 3 is 1.70 bits per heavy atom. The second kappa shape index (κ2) is 14.5. The van der Waals surface area contributed by atoms with Crippen molar-refractivity contribution in [2.45, 2.75) is 6.61 Å². The fourth-order valence-corrected chi connectivity index (χ4v) is 14.7. The molecule has 40 heavy (non-hydrogen) atoms. The van der Waals surface area contributed by atoms with Gasteiger partial charge >= 0.3 is 6.09 Å². The number of ether oxygens (including phenoxy) is 1. The highest BCUT2D eigenvalue weighted by Crippen LogP contribution is 2.58. The number of carbonyl (C=O) groups excluding carboxylic acids is 1. The fraction of sp³-hybridized carbons (Fsp3) is 0.250. The molecule has 0 saturated carbocycles. The third-order valence-corrected chi connectivity index (χ3v) is 16.7. The minimum Gasteiger partial charge on any atom is -0.445 e. The lowest BCUT2D eigenvalue weighted by Gasteiger charge is -2.13. The Labute approximate surface area is 273 Å². The van der Waals surface area contributed by atoms with Crippen LogP contribution in [-0.2, 0) is 11.3 Å². The molecule has 3 nitrogen and oxygen atoms in total. The maximum absolute atomic E-state index is 12.1. The van der Waals surface area contributed by atoms with Crippen molar-refractivity contribution in [1.82, 2.24) is 5.32 Å². The predicted octanol–water partition coefficient (Wildman–Crippen LogP) is 9.25. The first kappa shape index (κ1) is 31.2. The minimum absolute atomic E-state index is 0.195. The van der Waals surface area contributed by atoms with Crippen LogP contribution in [0.25, 0.3) is 30.0 Å². The SMILES string of the molecule is CSC1=C(SC)SC(=c2c3ccccc3c(=C3SC(SC)=C(SC)S3)c3cc(COC(=O)NCCCl)ccc23)S1. The van der Waals surface area contributed by atoms with Crippen LogP contribution < -0.4 is 15.8 Å². The summed E-state index contributed by atoms with van der Waals surface area (Å²) in [5.41, 5.74) is 0.956. The van der Waals surface area contributed by atoms with Crippen LogP contribution in [0.15, 0.2) is 59.4 Å². The first-order valence-corrected chi connectivity index (χ1v) is 20.8. The number of alkyl halides is 1. The quantitative estimate of drug-likeness (QED) is 0.182. The Bertz CT molecular complexity index is 1630. The van der Waals surface area contributed by atoms with Crippen molar-refractivity contribution in [1.29, 1.82) is 0 Å². The molecule has 2 heterocycles. The number of rotatable bonds is 8. The third-order valence-electron chi connectivity index (χ3n) is 6.05. The van der Waals surface area contributed by atoms with Crippen molar-refractivity contribution >= 4 is 142 Å². The monoisotopic (exact) mass is 699 g/mol. The number of fused-ring (bicyclic) bond motifs is 2. The largest absolute Gasteiger partial charge is 0.445 e. The van der Waals surface area contributed by atoms with Crippen molar-refractivity contribution in [2.75, 3.05) is 37.4 Å². The highest BCUT2D eigenvalue weighted by Gasteiger charge is 2.25. The number of benzene rings is 3. The summed E-state index contributed by atoms with van der Waals surface area (Å²) in [6.45, 7) is 0.575. The van der Waals surface area contributed by atoms with E-state index in [-0.39, 0.29) is 6.61 Å². The number of amides is 1. The van der Waals surface area contributed by atoms with Crippen molar-refractivity contribution in [2.24, 2.45) is 0 Å². The normalized spacial score (nSPS) is 15.7. The van der Waals surface area contributed by atoms with Crippen molar-refractivity contribution in [3.8, 4) is 0 Å². The van der Waals surface area contributed by atoms with Crippen LogP contribution in [0.2, 0.25) is 0 Å². The van der Waals surface area contributed by atoms with Gasteiger partial charge in [0, 0.05) is 22.9 Å². The van der Waals surface area contributed by atoms with Gasteiger partial charge in [-0.25, -0.2) is 4.79 Å². The molecular formula is C28H26ClNO2S8. The zero-order valence-corrected chi connectivity index (χ0v) is 29.4. The lowest BCUT2D eigenvalue weighted by atomic mass is 9.97. The molecule has 0 aromatic heterocycles. The summed E-state index contributed by atoms with van der Waals surface area (Å²) in [4.78, 5) is 12.1. The van der Waals surface area contributed by atoms with E-state index in [4.69, 9.17) is 16.3 Å². The average molecular weight is 701 g/mol. The van der Waals surface area contributed by atoms with E-state index in [9.17, 15) is 4.79 Å². The maximum Gasteiger partial charge on any atom is 0.407 e. The summed E-state index contributed by atoms with van der Waals surface area (Å²) in [5.74, 6) is 0.350. The molecule has 2 aliphatic rings. The Balaban J connectivity index is 1.78. The van der Waals surface area contributed by atoms with E-state index in [1.54, 1.807) is 0 Å². The molecule has 2 aliphatic heterocycles. The topological polar surface area (TPSA) is 38.3 Å². The number of thioether (sulfide) groups is 8. The number of hydrogen-bond donors (Lipinski definition) is 1. The Kier molecular flexibility index (Phi) is 11.3. The van der Waals surface area contributed by atoms with Gasteiger partial charge in [0.2, 0.25) is 0 Å². The summed E-state index contributed by atoms with van der Waals surface area (Å²) < 4.78 is 13.5. The standard InChI is InChI=1S/C28H26ClNO2S8/c1-33-24-25(34-2)38-22(37-24)20-16-7-5-6-8-17(16)21(23-39-26(35-3)27(36-4)40-23)19-13-15(9-10-18(19)20)14-32-28(31)30-12-11-29/h5-10,13H,11-12,14H2,1-4H3,(H,30,31). The van der Waals surface area contributed by atoms with Gasteiger partial charge in [-0.05, 0) is 58.2 Å². The van der Waals surface area contributed by atoms with Crippen molar-refractivity contribution in [3.05, 3.63) is 75.4 Å². The molecule has 0 bridgehead atoms. The third kappa shape index (κ3) is 6.48. The lowest BCUT2D eigenvalue weighted by molar-refractivity contribution is 0.140. The second-order valence-electron chi connectivity index (χ2n) is 8.32. The van der Waals surface area contributed by atoms with Gasteiger partial charge in [-0.15, -0.1) is 58.6 Å². The molecule has 0 saturated heterocycles. The first-order chi connectivity index (χ1) is 19.5. The number of halogens is 1. The molecule has 0 radical (unpaired) electrons. The lowest BCUT2D eigenvalue weighted by Crippen LogP contribution is -2.26. The summed E-state index contributed by atoms with van der Waals surface area (Å²) >= 11 is 20.5. The molecule has 210 valence electrons. The molecule has 0 fully saturated rings. The molecule has 3 aromatic carbocycles. The van der Waals surface area contributed by atoms with E-state index >= 15 is 0 Å². The Hall–Kier alpha value is -0.240. The van der Waals surface area contributed by atoms with Crippen molar-refractivity contribution in [3.63, 3.8) is 0 Å². The summed E-state index contributed by atoms with van der Waals surface area (Å²) in [5, 5.41) is 10.1. The Morgan fingerprint density at radius 2 is 1.23 bits per heavy atom. The van der Waals surface area contributed by atoms with Crippen molar-refractivity contribution < 1.29 is 9.53 Å². The van der Waals surface area contributed by atoms with Crippen LogP contribution in [0.4, 0.5) is 4.79 Å². The molecule has 0 unspecified atom stereocenters. The maximum atomic E-state index is 12.1. The summed E-state index contributed by atoms with van der Waals surface area (Å²) in [6.07, 6.45) is 8.15. The van der Waals surface area contributed by atoms with E-state index < -0.39 is 6.09 Å². The average Bonchev–Trinajstić information content (AvgIpc) is 3.61. The number of hydrogen-bond acceptors (Lipinski definition) is 10. The van der Waals surface area contributed by atoms with Crippen LogP contribution in [0.1, 0.15) is 5.56 Å². The van der Waals surface area contributed by atoms with Gasteiger partial charge in [-0.1, -0.05) is 83.4 Å². The van der Waals surface area contributed by atoms with E-state index in [1.807, 2.05) is 94.1 Å². The fourth-order valence-electron chi connectivity index (χ4n) is 4.35. The smallest absolute Gasteiger partial charge is 0.407 e. The second-order valence-corrected chi connectivity index (χ2v) is 17.6. The van der Waals surface area contributed by atoms with E-state index in [1.165, 1.54) is 57.4 Å². The Morgan fingerprint density at radius 1 is 0.750 bits per heavy atom. The minimum atomic E-state index is -0.454. The van der Waals surface area contributed by atoms with E-state index in [0.717, 1.165) is 5.56 Å². The summed E-state index contributed by atoms with van der Waals surface area (Å²) in [7, 11) is 0. The van der Waals surface area contributed by atoms with Gasteiger partial charge in [-0.2, -0.15) is 0 Å². The zero-order valence-electron chi connectivity index (χ0n) is 22.1. The molecule has 5 rings (SSSR count). The molecule has 0 atom stereocenters. The van der Waals surface area contributed by atoms with Gasteiger partial charge in [0.05, 0.1) is 25.4 Å². The predicted molar refractivity (Wildman–Crippen MR) is 195 cm³/mol. The van der Waals surface area contributed by atoms with Crippen LogP contribution >= 0.6 is 106 Å². The van der Waals surface area contributed by atoms with E-state index in [0.29, 0.717) is 12.4 Å². The highest BCUT2D eigenvalue weighted by atomic mass is 35.5. The van der Waals surface area contributed by atoms with Crippen LogP contribution in [0, 0.1) is 0 Å². The van der Waals surface area contributed by atoms with Gasteiger partial charge < -0.3 is 10.1 Å².